The van der Waals surface area contributed by atoms with E-state index in [0.717, 1.165) is 12.8 Å². The van der Waals surface area contributed by atoms with Crippen LogP contribution in [-0.4, -0.2) is 40.9 Å². The Labute approximate surface area is 153 Å². The first-order valence-electron chi connectivity index (χ1n) is 9.08. The Balaban J connectivity index is 1.84. The van der Waals surface area contributed by atoms with E-state index in [9.17, 15) is 19.5 Å². The first kappa shape index (κ1) is 18.4. The zero-order chi connectivity index (χ0) is 19.1. The van der Waals surface area contributed by atoms with Crippen LogP contribution < -0.4 is 5.32 Å². The fourth-order valence-corrected chi connectivity index (χ4v) is 4.05. The molecule has 1 saturated heterocycles. The molecule has 1 saturated carbocycles. The SMILES string of the molecule is CC(C)(C)C(=O)Nc1ccccc1C(=O)N1C[C@@H]2CCC[C@@]2(C(=O)O)C1. The normalized spacial score (nSPS) is 25.0. The molecule has 0 radical (unpaired) electrons. The molecule has 2 atom stereocenters. The third-order valence-corrected chi connectivity index (χ3v) is 5.67. The average Bonchev–Trinajstić information content (AvgIpc) is 3.12. The molecule has 2 fully saturated rings. The molecule has 0 spiro atoms. The summed E-state index contributed by atoms with van der Waals surface area (Å²) in [4.78, 5) is 38.9. The van der Waals surface area contributed by atoms with E-state index in [-0.39, 0.29) is 24.3 Å². The topological polar surface area (TPSA) is 86.7 Å². The maximum atomic E-state index is 13.1. The van der Waals surface area contributed by atoms with Crippen molar-refractivity contribution in [3.63, 3.8) is 0 Å². The highest BCUT2D eigenvalue weighted by Crippen LogP contribution is 2.49. The van der Waals surface area contributed by atoms with Crippen molar-refractivity contribution in [1.82, 2.24) is 4.90 Å². The van der Waals surface area contributed by atoms with Crippen molar-refractivity contribution < 1.29 is 19.5 Å². The maximum Gasteiger partial charge on any atom is 0.311 e. The van der Waals surface area contributed by atoms with Crippen molar-refractivity contribution >= 4 is 23.5 Å². The Bertz CT molecular complexity index is 752. The molecule has 140 valence electrons. The molecule has 6 nitrogen and oxygen atoms in total. The van der Waals surface area contributed by atoms with E-state index in [1.165, 1.54) is 0 Å². The summed E-state index contributed by atoms with van der Waals surface area (Å²) < 4.78 is 0. The molecule has 1 aliphatic carbocycles. The van der Waals surface area contributed by atoms with Crippen LogP contribution in [0, 0.1) is 16.7 Å². The van der Waals surface area contributed by atoms with Crippen LogP contribution in [0.2, 0.25) is 0 Å². The Hall–Kier alpha value is -2.37. The van der Waals surface area contributed by atoms with Gasteiger partial charge in [-0.3, -0.25) is 14.4 Å². The highest BCUT2D eigenvalue weighted by molar-refractivity contribution is 6.05. The van der Waals surface area contributed by atoms with E-state index in [4.69, 9.17) is 0 Å². The summed E-state index contributed by atoms with van der Waals surface area (Å²) in [6.45, 7) is 6.14. The van der Waals surface area contributed by atoms with Gasteiger partial charge in [0.25, 0.3) is 5.91 Å². The zero-order valence-corrected chi connectivity index (χ0v) is 15.5. The molecule has 2 N–H and O–H groups in total. The van der Waals surface area contributed by atoms with E-state index < -0.39 is 16.8 Å². The zero-order valence-electron chi connectivity index (χ0n) is 15.5. The van der Waals surface area contributed by atoms with Crippen LogP contribution in [0.4, 0.5) is 5.69 Å². The lowest BCUT2D eigenvalue weighted by Crippen LogP contribution is -2.37. The van der Waals surface area contributed by atoms with Crippen LogP contribution in [0.25, 0.3) is 0 Å². The van der Waals surface area contributed by atoms with Crippen molar-refractivity contribution in [2.24, 2.45) is 16.7 Å². The molecule has 1 aromatic rings. The summed E-state index contributed by atoms with van der Waals surface area (Å²) in [6, 6.07) is 6.92. The Morgan fingerprint density at radius 2 is 1.92 bits per heavy atom. The second kappa shape index (κ2) is 6.41. The van der Waals surface area contributed by atoms with Crippen LogP contribution in [0.15, 0.2) is 24.3 Å². The number of benzene rings is 1. The first-order valence-corrected chi connectivity index (χ1v) is 9.08. The second-order valence-electron chi connectivity index (χ2n) is 8.49. The number of amides is 2. The second-order valence-corrected chi connectivity index (χ2v) is 8.49. The van der Waals surface area contributed by atoms with Crippen molar-refractivity contribution in [2.75, 3.05) is 18.4 Å². The molecule has 1 aromatic carbocycles. The molecular weight excluding hydrogens is 332 g/mol. The van der Waals surface area contributed by atoms with E-state index in [1.54, 1.807) is 29.2 Å². The predicted octanol–water partition coefficient (Wildman–Crippen LogP) is 3.00. The number of carboxylic acids is 1. The molecule has 6 heteroatoms. The van der Waals surface area contributed by atoms with Gasteiger partial charge in [0.05, 0.1) is 16.7 Å². The number of carbonyl (C=O) groups excluding carboxylic acids is 2. The minimum absolute atomic E-state index is 0.0141. The molecular formula is C20H26N2O4. The summed E-state index contributed by atoms with van der Waals surface area (Å²) in [6.07, 6.45) is 2.37. The molecule has 0 aromatic heterocycles. The standard InChI is InChI=1S/C20H26N2O4/c1-19(2,3)17(24)21-15-9-5-4-8-14(15)16(23)22-11-13-7-6-10-20(13,12-22)18(25)26/h4-5,8-9,13H,6-7,10-12H2,1-3H3,(H,21,24)(H,25,26)/t13-,20+/m0/s1. The van der Waals surface area contributed by atoms with Crippen LogP contribution >= 0.6 is 0 Å². The van der Waals surface area contributed by atoms with Gasteiger partial charge in [0.15, 0.2) is 0 Å². The highest BCUT2D eigenvalue weighted by Gasteiger charge is 2.55. The number of carbonyl (C=O) groups is 3. The summed E-state index contributed by atoms with van der Waals surface area (Å²) in [7, 11) is 0. The fourth-order valence-electron chi connectivity index (χ4n) is 4.05. The number of rotatable bonds is 3. The van der Waals surface area contributed by atoms with Gasteiger partial charge in [0.1, 0.15) is 0 Å². The maximum absolute atomic E-state index is 13.1. The lowest BCUT2D eigenvalue weighted by molar-refractivity contribution is -0.149. The smallest absolute Gasteiger partial charge is 0.311 e. The lowest BCUT2D eigenvalue weighted by atomic mass is 9.81. The van der Waals surface area contributed by atoms with Gasteiger partial charge in [-0.1, -0.05) is 39.3 Å². The molecule has 2 aliphatic rings. The number of likely N-dealkylation sites (tertiary alicyclic amines) is 1. The van der Waals surface area contributed by atoms with Crippen molar-refractivity contribution in [1.29, 1.82) is 0 Å². The van der Waals surface area contributed by atoms with Gasteiger partial charge in [-0.2, -0.15) is 0 Å². The van der Waals surface area contributed by atoms with Gasteiger partial charge in [-0.25, -0.2) is 0 Å². The van der Waals surface area contributed by atoms with E-state index >= 15 is 0 Å². The van der Waals surface area contributed by atoms with E-state index in [0.29, 0.717) is 24.2 Å². The minimum atomic E-state index is -0.806. The van der Waals surface area contributed by atoms with E-state index in [1.807, 2.05) is 20.8 Å². The largest absolute Gasteiger partial charge is 0.481 e. The molecule has 1 aliphatic heterocycles. The van der Waals surface area contributed by atoms with Crippen molar-refractivity contribution in [3.8, 4) is 0 Å². The lowest BCUT2D eigenvalue weighted by Gasteiger charge is -2.24. The van der Waals surface area contributed by atoms with E-state index in [2.05, 4.69) is 5.32 Å². The summed E-state index contributed by atoms with van der Waals surface area (Å²) in [5.74, 6) is -1.17. The van der Waals surface area contributed by atoms with Crippen molar-refractivity contribution in [2.45, 2.75) is 40.0 Å². The van der Waals surface area contributed by atoms with Gasteiger partial charge in [0.2, 0.25) is 5.91 Å². The van der Waals surface area contributed by atoms with Crippen LogP contribution in [0.5, 0.6) is 0 Å². The quantitative estimate of drug-likeness (QED) is 0.870. The van der Waals surface area contributed by atoms with Crippen LogP contribution in [-0.2, 0) is 9.59 Å². The predicted molar refractivity (Wildman–Crippen MR) is 97.8 cm³/mol. The van der Waals surface area contributed by atoms with Gasteiger partial charge < -0.3 is 15.3 Å². The number of aliphatic carboxylic acids is 1. The minimum Gasteiger partial charge on any atom is -0.481 e. The van der Waals surface area contributed by atoms with Gasteiger partial charge in [0, 0.05) is 18.5 Å². The number of hydrogen-bond acceptors (Lipinski definition) is 3. The molecule has 3 rings (SSSR count). The third kappa shape index (κ3) is 3.08. The highest BCUT2D eigenvalue weighted by atomic mass is 16.4. The summed E-state index contributed by atoms with van der Waals surface area (Å²) in [5.41, 5.74) is -0.502. The number of fused-ring (bicyclic) bond motifs is 1. The molecule has 0 unspecified atom stereocenters. The Kier molecular flexibility index (Phi) is 4.54. The molecule has 1 heterocycles. The van der Waals surface area contributed by atoms with Crippen LogP contribution in [0.3, 0.4) is 0 Å². The number of hydrogen-bond donors (Lipinski definition) is 2. The number of carboxylic acid groups (broad SMARTS) is 1. The summed E-state index contributed by atoms with van der Waals surface area (Å²) >= 11 is 0. The third-order valence-electron chi connectivity index (χ3n) is 5.67. The number of anilines is 1. The van der Waals surface area contributed by atoms with Crippen molar-refractivity contribution in [3.05, 3.63) is 29.8 Å². The van der Waals surface area contributed by atoms with Crippen LogP contribution in [0.1, 0.15) is 50.4 Å². The summed E-state index contributed by atoms with van der Waals surface area (Å²) in [5, 5.41) is 12.5. The monoisotopic (exact) mass is 358 g/mol. The Morgan fingerprint density at radius 1 is 1.23 bits per heavy atom. The van der Waals surface area contributed by atoms with Gasteiger partial charge in [-0.05, 0) is 30.9 Å². The first-order chi connectivity index (χ1) is 12.1. The molecule has 2 amide bonds. The number of nitrogens with one attached hydrogen (secondary N) is 1. The Morgan fingerprint density at radius 3 is 2.54 bits per heavy atom. The molecule has 26 heavy (non-hydrogen) atoms. The average molecular weight is 358 g/mol. The van der Waals surface area contributed by atoms with Gasteiger partial charge >= 0.3 is 5.97 Å². The fraction of sp³-hybridized carbons (Fsp3) is 0.550. The van der Waals surface area contributed by atoms with Gasteiger partial charge in [-0.15, -0.1) is 0 Å². The number of nitrogens with zero attached hydrogens (tertiary/aromatic N) is 1. The number of para-hydroxylation sites is 1. The molecule has 0 bridgehead atoms.